The second-order valence-electron chi connectivity index (χ2n) is 5.00. The van der Waals surface area contributed by atoms with Gasteiger partial charge in [-0.25, -0.2) is 13.6 Å². The Hall–Kier alpha value is -1.66. The lowest BCUT2D eigenvalue weighted by Gasteiger charge is -2.22. The van der Waals surface area contributed by atoms with E-state index in [1.165, 1.54) is 12.1 Å². The number of aryl methyl sites for hydroxylation is 1. The molecule has 0 aliphatic heterocycles. The smallest absolute Gasteiger partial charge is 0.254 e. The van der Waals surface area contributed by atoms with Gasteiger partial charge in [0.2, 0.25) is 10.0 Å². The number of amides is 1. The number of hydrogen-bond donors (Lipinski definition) is 1. The molecule has 0 bridgehead atoms. The Balaban J connectivity index is 2.40. The minimum atomic E-state index is -3.81. The molecular weight excluding hydrogens is 276 g/mol. The zero-order valence-corrected chi connectivity index (χ0v) is 12.2. The van der Waals surface area contributed by atoms with Gasteiger partial charge in [-0.15, -0.1) is 6.58 Å². The van der Waals surface area contributed by atoms with Gasteiger partial charge in [-0.2, -0.15) is 0 Å². The number of sulfonamides is 1. The summed E-state index contributed by atoms with van der Waals surface area (Å²) in [5.74, 6) is -0.171. The second kappa shape index (κ2) is 5.38. The standard InChI is InChI=1S/C14H18N2O3S/c1-3-8-16(11-5-6-11)14(17)13-9-12(20(15,18)19)7-4-10(13)2/h3-4,7,9,11H,1,5-6,8H2,2H3,(H2,15,18,19). The van der Waals surface area contributed by atoms with Gasteiger partial charge in [0.1, 0.15) is 0 Å². The molecule has 0 unspecified atom stereocenters. The molecule has 6 heteroatoms. The summed E-state index contributed by atoms with van der Waals surface area (Å²) < 4.78 is 22.8. The molecular formula is C14H18N2O3S. The van der Waals surface area contributed by atoms with Crippen LogP contribution in [0.5, 0.6) is 0 Å². The number of carbonyl (C=O) groups excluding carboxylic acids is 1. The first-order valence-electron chi connectivity index (χ1n) is 6.40. The highest BCUT2D eigenvalue weighted by Gasteiger charge is 2.33. The maximum atomic E-state index is 12.6. The van der Waals surface area contributed by atoms with E-state index in [1.807, 2.05) is 0 Å². The molecule has 5 nitrogen and oxygen atoms in total. The molecule has 20 heavy (non-hydrogen) atoms. The fourth-order valence-corrected chi connectivity index (χ4v) is 2.63. The van der Waals surface area contributed by atoms with Gasteiger partial charge >= 0.3 is 0 Å². The molecule has 0 spiro atoms. The van der Waals surface area contributed by atoms with E-state index < -0.39 is 10.0 Å². The lowest BCUT2D eigenvalue weighted by Crippen LogP contribution is -2.33. The minimum Gasteiger partial charge on any atom is -0.332 e. The molecule has 2 N–H and O–H groups in total. The van der Waals surface area contributed by atoms with E-state index in [1.54, 1.807) is 24.0 Å². The molecule has 1 aromatic rings. The normalized spacial score (nSPS) is 14.9. The van der Waals surface area contributed by atoms with Gasteiger partial charge in [-0.05, 0) is 37.5 Å². The topological polar surface area (TPSA) is 80.5 Å². The summed E-state index contributed by atoms with van der Waals surface area (Å²) >= 11 is 0. The average molecular weight is 294 g/mol. The van der Waals surface area contributed by atoms with Gasteiger partial charge in [-0.3, -0.25) is 4.79 Å². The summed E-state index contributed by atoms with van der Waals surface area (Å²) in [5.41, 5.74) is 1.11. The zero-order valence-electron chi connectivity index (χ0n) is 11.4. The van der Waals surface area contributed by atoms with Crippen molar-refractivity contribution < 1.29 is 13.2 Å². The van der Waals surface area contributed by atoms with Gasteiger partial charge in [-0.1, -0.05) is 12.1 Å². The van der Waals surface area contributed by atoms with Gasteiger partial charge in [0, 0.05) is 18.2 Å². The molecule has 1 aliphatic carbocycles. The average Bonchev–Trinajstić information content (AvgIpc) is 3.18. The largest absolute Gasteiger partial charge is 0.332 e. The predicted molar refractivity (Wildman–Crippen MR) is 76.8 cm³/mol. The number of nitrogens with two attached hydrogens (primary N) is 1. The summed E-state index contributed by atoms with van der Waals surface area (Å²) in [4.78, 5) is 14.2. The number of benzene rings is 1. The van der Waals surface area contributed by atoms with Gasteiger partial charge in [0.25, 0.3) is 5.91 Å². The Morgan fingerprint density at radius 2 is 2.15 bits per heavy atom. The van der Waals surface area contributed by atoms with Crippen molar-refractivity contribution in [1.29, 1.82) is 0 Å². The van der Waals surface area contributed by atoms with E-state index >= 15 is 0 Å². The molecule has 1 fully saturated rings. The molecule has 2 rings (SSSR count). The van der Waals surface area contributed by atoms with E-state index in [0.717, 1.165) is 18.4 Å². The first-order chi connectivity index (χ1) is 9.34. The highest BCUT2D eigenvalue weighted by molar-refractivity contribution is 7.89. The molecule has 1 aromatic carbocycles. The number of nitrogens with zero attached hydrogens (tertiary/aromatic N) is 1. The maximum Gasteiger partial charge on any atom is 0.254 e. The van der Waals surface area contributed by atoms with Crippen LogP contribution in [0.4, 0.5) is 0 Å². The van der Waals surface area contributed by atoms with Crippen molar-refractivity contribution in [1.82, 2.24) is 4.90 Å². The number of hydrogen-bond acceptors (Lipinski definition) is 3. The highest BCUT2D eigenvalue weighted by Crippen LogP contribution is 2.29. The summed E-state index contributed by atoms with van der Waals surface area (Å²) in [6.45, 7) is 5.89. The van der Waals surface area contributed by atoms with E-state index in [-0.39, 0.29) is 16.8 Å². The van der Waals surface area contributed by atoms with E-state index in [4.69, 9.17) is 5.14 Å². The fourth-order valence-electron chi connectivity index (χ4n) is 2.09. The highest BCUT2D eigenvalue weighted by atomic mass is 32.2. The van der Waals surface area contributed by atoms with Crippen LogP contribution in [0.1, 0.15) is 28.8 Å². The van der Waals surface area contributed by atoms with Crippen LogP contribution in [0.15, 0.2) is 35.7 Å². The first-order valence-corrected chi connectivity index (χ1v) is 7.94. The number of carbonyl (C=O) groups is 1. The van der Waals surface area contributed by atoms with Crippen LogP contribution in [0.3, 0.4) is 0 Å². The van der Waals surface area contributed by atoms with Crippen LogP contribution in [0.2, 0.25) is 0 Å². The van der Waals surface area contributed by atoms with Crippen molar-refractivity contribution in [3.63, 3.8) is 0 Å². The van der Waals surface area contributed by atoms with Crippen LogP contribution in [0.25, 0.3) is 0 Å². The van der Waals surface area contributed by atoms with Crippen LogP contribution in [0, 0.1) is 6.92 Å². The van der Waals surface area contributed by atoms with Crippen molar-refractivity contribution in [3.05, 3.63) is 42.0 Å². The van der Waals surface area contributed by atoms with Crippen LogP contribution < -0.4 is 5.14 Å². The molecule has 0 heterocycles. The van der Waals surface area contributed by atoms with E-state index in [2.05, 4.69) is 6.58 Å². The maximum absolute atomic E-state index is 12.6. The molecule has 0 atom stereocenters. The number of rotatable bonds is 5. The summed E-state index contributed by atoms with van der Waals surface area (Å²) in [7, 11) is -3.81. The Morgan fingerprint density at radius 3 is 2.65 bits per heavy atom. The molecule has 1 aliphatic rings. The third-order valence-electron chi connectivity index (χ3n) is 3.34. The van der Waals surface area contributed by atoms with Crippen molar-refractivity contribution in [3.8, 4) is 0 Å². The monoisotopic (exact) mass is 294 g/mol. The molecule has 0 aromatic heterocycles. The van der Waals surface area contributed by atoms with Crippen LogP contribution in [-0.2, 0) is 10.0 Å². The van der Waals surface area contributed by atoms with E-state index in [9.17, 15) is 13.2 Å². The van der Waals surface area contributed by atoms with Gasteiger partial charge in [0.05, 0.1) is 4.90 Å². The number of primary sulfonamides is 1. The van der Waals surface area contributed by atoms with E-state index in [0.29, 0.717) is 12.1 Å². The van der Waals surface area contributed by atoms with Gasteiger partial charge < -0.3 is 4.90 Å². The first kappa shape index (κ1) is 14.7. The van der Waals surface area contributed by atoms with Crippen LogP contribution >= 0.6 is 0 Å². The quantitative estimate of drug-likeness (QED) is 0.834. The Labute approximate surface area is 119 Å². The molecule has 0 saturated heterocycles. The summed E-state index contributed by atoms with van der Waals surface area (Å²) in [5, 5.41) is 5.11. The lowest BCUT2D eigenvalue weighted by atomic mass is 10.1. The predicted octanol–water partition coefficient (Wildman–Crippen LogP) is 1.43. The third kappa shape index (κ3) is 3.08. The van der Waals surface area contributed by atoms with Crippen molar-refractivity contribution in [2.24, 2.45) is 5.14 Å². The summed E-state index contributed by atoms with van der Waals surface area (Å²) in [6.07, 6.45) is 3.64. The molecule has 1 saturated carbocycles. The zero-order chi connectivity index (χ0) is 14.9. The van der Waals surface area contributed by atoms with Crippen LogP contribution in [-0.4, -0.2) is 31.8 Å². The lowest BCUT2D eigenvalue weighted by molar-refractivity contribution is 0.0761. The SMILES string of the molecule is C=CCN(C(=O)c1cc(S(N)(=O)=O)ccc1C)C1CC1. The van der Waals surface area contributed by atoms with Crippen molar-refractivity contribution >= 4 is 15.9 Å². The Bertz CT molecular complexity index is 648. The van der Waals surface area contributed by atoms with Gasteiger partial charge in [0.15, 0.2) is 0 Å². The Morgan fingerprint density at radius 1 is 1.50 bits per heavy atom. The molecule has 108 valence electrons. The second-order valence-corrected chi connectivity index (χ2v) is 6.56. The Kier molecular flexibility index (Phi) is 3.96. The molecule has 0 radical (unpaired) electrons. The van der Waals surface area contributed by atoms with Crippen molar-refractivity contribution in [2.45, 2.75) is 30.7 Å². The summed E-state index contributed by atoms with van der Waals surface area (Å²) in [6, 6.07) is 4.60. The fraction of sp³-hybridized carbons (Fsp3) is 0.357. The molecule has 1 amide bonds. The minimum absolute atomic E-state index is 0.0409. The van der Waals surface area contributed by atoms with Crippen molar-refractivity contribution in [2.75, 3.05) is 6.54 Å². The third-order valence-corrected chi connectivity index (χ3v) is 4.25.